The van der Waals surface area contributed by atoms with Crippen LogP contribution < -0.4 is 10.1 Å². The summed E-state index contributed by atoms with van der Waals surface area (Å²) in [5, 5.41) is 3.37. The third-order valence-corrected chi connectivity index (χ3v) is 2.79. The highest BCUT2D eigenvalue weighted by Crippen LogP contribution is 2.19. The molecule has 2 heteroatoms. The fourth-order valence-corrected chi connectivity index (χ4v) is 1.65. The summed E-state index contributed by atoms with van der Waals surface area (Å²) in [6.45, 7) is 11.5. The van der Waals surface area contributed by atoms with Gasteiger partial charge < -0.3 is 10.1 Å². The zero-order valence-electron chi connectivity index (χ0n) is 11.5. The van der Waals surface area contributed by atoms with Crippen LogP contribution in [-0.2, 0) is 6.42 Å². The molecular weight excluding hydrogens is 210 g/mol. The summed E-state index contributed by atoms with van der Waals surface area (Å²) in [7, 11) is 0. The van der Waals surface area contributed by atoms with E-state index >= 15 is 0 Å². The Morgan fingerprint density at radius 1 is 1.24 bits per heavy atom. The summed E-state index contributed by atoms with van der Waals surface area (Å²) in [4.78, 5) is 0. The number of hydrogen-bond acceptors (Lipinski definition) is 2. The molecular formula is C15H25NO. The molecule has 0 atom stereocenters. The van der Waals surface area contributed by atoms with Gasteiger partial charge >= 0.3 is 0 Å². The standard InChI is InChI=1S/C15H25NO/c1-5-13-8-7-9-14(10-13)17-12-15(3,4)11-16-6-2/h7-10,16H,5-6,11-12H2,1-4H3. The predicted octanol–water partition coefficient (Wildman–Crippen LogP) is 3.26. The maximum absolute atomic E-state index is 5.87. The Labute approximate surface area is 105 Å². The Kier molecular flexibility index (Phi) is 5.49. The summed E-state index contributed by atoms with van der Waals surface area (Å²) >= 11 is 0. The first-order valence-electron chi connectivity index (χ1n) is 6.50. The molecule has 0 aliphatic carbocycles. The Hall–Kier alpha value is -1.02. The number of benzene rings is 1. The van der Waals surface area contributed by atoms with Crippen LogP contribution in [0.2, 0.25) is 0 Å². The molecule has 0 aromatic heterocycles. The minimum absolute atomic E-state index is 0.165. The van der Waals surface area contributed by atoms with E-state index in [1.807, 2.05) is 6.07 Å². The Morgan fingerprint density at radius 3 is 2.65 bits per heavy atom. The lowest BCUT2D eigenvalue weighted by molar-refractivity contribution is 0.177. The smallest absolute Gasteiger partial charge is 0.119 e. The van der Waals surface area contributed by atoms with Crippen LogP contribution in [0.15, 0.2) is 24.3 Å². The highest BCUT2D eigenvalue weighted by molar-refractivity contribution is 5.28. The summed E-state index contributed by atoms with van der Waals surface area (Å²) in [6.07, 6.45) is 1.05. The molecule has 0 radical (unpaired) electrons. The highest BCUT2D eigenvalue weighted by atomic mass is 16.5. The molecule has 0 aliphatic rings. The lowest BCUT2D eigenvalue weighted by Crippen LogP contribution is -2.34. The zero-order valence-corrected chi connectivity index (χ0v) is 11.5. The molecule has 0 fully saturated rings. The van der Waals surface area contributed by atoms with Crippen molar-refractivity contribution in [2.45, 2.75) is 34.1 Å². The molecule has 0 heterocycles. The van der Waals surface area contributed by atoms with Gasteiger partial charge in [0.15, 0.2) is 0 Å². The molecule has 96 valence electrons. The van der Waals surface area contributed by atoms with Crippen molar-refractivity contribution >= 4 is 0 Å². The Bertz CT molecular complexity index is 333. The van der Waals surface area contributed by atoms with Crippen LogP contribution in [0, 0.1) is 5.41 Å². The van der Waals surface area contributed by atoms with Crippen LogP contribution in [0.3, 0.4) is 0 Å². The average molecular weight is 235 g/mol. The first-order chi connectivity index (χ1) is 8.07. The lowest BCUT2D eigenvalue weighted by Gasteiger charge is -2.25. The first kappa shape index (κ1) is 14.0. The van der Waals surface area contributed by atoms with Gasteiger partial charge in [-0.15, -0.1) is 0 Å². The van der Waals surface area contributed by atoms with Gasteiger partial charge in [-0.25, -0.2) is 0 Å². The molecule has 0 bridgehead atoms. The van der Waals surface area contributed by atoms with E-state index < -0.39 is 0 Å². The normalized spacial score (nSPS) is 11.5. The van der Waals surface area contributed by atoms with Crippen LogP contribution in [0.25, 0.3) is 0 Å². The van der Waals surface area contributed by atoms with Crippen LogP contribution in [0.1, 0.15) is 33.3 Å². The van der Waals surface area contributed by atoms with Crippen molar-refractivity contribution in [1.82, 2.24) is 5.32 Å². The SMILES string of the molecule is CCNCC(C)(C)COc1cccc(CC)c1. The second-order valence-electron chi connectivity index (χ2n) is 5.23. The molecule has 0 spiro atoms. The van der Waals surface area contributed by atoms with E-state index in [1.54, 1.807) is 0 Å². The second-order valence-corrected chi connectivity index (χ2v) is 5.23. The maximum Gasteiger partial charge on any atom is 0.119 e. The van der Waals surface area contributed by atoms with Crippen LogP contribution in [0.4, 0.5) is 0 Å². The van der Waals surface area contributed by atoms with E-state index in [2.05, 4.69) is 51.2 Å². The van der Waals surface area contributed by atoms with Gasteiger partial charge in [0.1, 0.15) is 5.75 Å². The van der Waals surface area contributed by atoms with Crippen molar-refractivity contribution in [2.75, 3.05) is 19.7 Å². The molecule has 1 rings (SSSR count). The fraction of sp³-hybridized carbons (Fsp3) is 0.600. The molecule has 0 saturated carbocycles. The van der Waals surface area contributed by atoms with Crippen molar-refractivity contribution in [1.29, 1.82) is 0 Å². The summed E-state index contributed by atoms with van der Waals surface area (Å²) in [5.74, 6) is 0.980. The van der Waals surface area contributed by atoms with E-state index in [4.69, 9.17) is 4.74 Å². The Morgan fingerprint density at radius 2 is 2.00 bits per heavy atom. The molecule has 2 nitrogen and oxygen atoms in total. The van der Waals surface area contributed by atoms with Crippen molar-refractivity contribution in [2.24, 2.45) is 5.41 Å². The maximum atomic E-state index is 5.87. The van der Waals surface area contributed by atoms with Gasteiger partial charge in [-0.1, -0.05) is 39.8 Å². The average Bonchev–Trinajstić information content (AvgIpc) is 2.34. The van der Waals surface area contributed by atoms with Crippen molar-refractivity contribution < 1.29 is 4.74 Å². The number of ether oxygens (including phenoxy) is 1. The van der Waals surface area contributed by atoms with E-state index in [9.17, 15) is 0 Å². The molecule has 1 aromatic rings. The number of aryl methyl sites for hydroxylation is 1. The zero-order chi connectivity index (χ0) is 12.7. The quantitative estimate of drug-likeness (QED) is 0.783. The third kappa shape index (κ3) is 5.22. The number of rotatable bonds is 7. The largest absolute Gasteiger partial charge is 0.493 e. The van der Waals surface area contributed by atoms with Crippen molar-refractivity contribution in [3.05, 3.63) is 29.8 Å². The van der Waals surface area contributed by atoms with Crippen molar-refractivity contribution in [3.63, 3.8) is 0 Å². The molecule has 0 amide bonds. The second kappa shape index (κ2) is 6.65. The van der Waals surface area contributed by atoms with Crippen molar-refractivity contribution in [3.8, 4) is 5.75 Å². The van der Waals surface area contributed by atoms with Gasteiger partial charge in [-0.05, 0) is 30.7 Å². The summed E-state index contributed by atoms with van der Waals surface area (Å²) in [6, 6.07) is 8.36. The molecule has 0 saturated heterocycles. The van der Waals surface area contributed by atoms with Crippen LogP contribution in [0.5, 0.6) is 5.75 Å². The van der Waals surface area contributed by atoms with E-state index in [-0.39, 0.29) is 5.41 Å². The number of nitrogens with one attached hydrogen (secondary N) is 1. The number of hydrogen-bond donors (Lipinski definition) is 1. The monoisotopic (exact) mass is 235 g/mol. The fourth-order valence-electron chi connectivity index (χ4n) is 1.65. The van der Waals surface area contributed by atoms with Gasteiger partial charge in [-0.2, -0.15) is 0 Å². The van der Waals surface area contributed by atoms with Gasteiger partial charge in [0, 0.05) is 12.0 Å². The summed E-state index contributed by atoms with van der Waals surface area (Å²) < 4.78 is 5.87. The van der Waals surface area contributed by atoms with Crippen LogP contribution >= 0.6 is 0 Å². The first-order valence-corrected chi connectivity index (χ1v) is 6.50. The van der Waals surface area contributed by atoms with Gasteiger partial charge in [0.2, 0.25) is 0 Å². The van der Waals surface area contributed by atoms with E-state index in [0.717, 1.165) is 31.9 Å². The van der Waals surface area contributed by atoms with Gasteiger partial charge in [0.05, 0.1) is 6.61 Å². The highest BCUT2D eigenvalue weighted by Gasteiger charge is 2.18. The lowest BCUT2D eigenvalue weighted by atomic mass is 9.95. The Balaban J connectivity index is 2.48. The van der Waals surface area contributed by atoms with E-state index in [1.165, 1.54) is 5.56 Å². The molecule has 1 aromatic carbocycles. The van der Waals surface area contributed by atoms with Gasteiger partial charge in [0.25, 0.3) is 0 Å². The minimum Gasteiger partial charge on any atom is -0.493 e. The summed E-state index contributed by atoms with van der Waals surface area (Å²) in [5.41, 5.74) is 1.49. The molecule has 17 heavy (non-hydrogen) atoms. The molecule has 1 N–H and O–H groups in total. The molecule has 0 unspecified atom stereocenters. The predicted molar refractivity (Wildman–Crippen MR) is 73.6 cm³/mol. The van der Waals surface area contributed by atoms with Gasteiger partial charge in [-0.3, -0.25) is 0 Å². The van der Waals surface area contributed by atoms with Crippen LogP contribution in [-0.4, -0.2) is 19.7 Å². The minimum atomic E-state index is 0.165. The molecule has 0 aliphatic heterocycles. The third-order valence-electron chi connectivity index (χ3n) is 2.79. The van der Waals surface area contributed by atoms with E-state index in [0.29, 0.717) is 0 Å². The topological polar surface area (TPSA) is 21.3 Å².